The molecule has 1 heterocycles. The van der Waals surface area contributed by atoms with E-state index in [-0.39, 0.29) is 0 Å². The molecule has 3 heteroatoms. The predicted molar refractivity (Wildman–Crippen MR) is 65.5 cm³/mol. The number of aryl methyl sites for hydroxylation is 1. The average Bonchev–Trinajstić information content (AvgIpc) is 2.71. The van der Waals surface area contributed by atoms with Crippen molar-refractivity contribution in [2.45, 2.75) is 24.7 Å². The van der Waals surface area contributed by atoms with Crippen molar-refractivity contribution in [1.29, 1.82) is 0 Å². The van der Waals surface area contributed by atoms with Crippen LogP contribution in [0.25, 0.3) is 0 Å². The molecule has 0 saturated carbocycles. The summed E-state index contributed by atoms with van der Waals surface area (Å²) in [5.41, 5.74) is 1.19. The molecular formula is C12H17NOS. The fourth-order valence-electron chi connectivity index (χ4n) is 1.88. The number of nitrogens with zero attached hydrogens (tertiary/aromatic N) is 1. The number of hydrogen-bond donors (Lipinski definition) is 0. The molecule has 1 unspecified atom stereocenters. The zero-order valence-electron chi connectivity index (χ0n) is 9.11. The lowest BCUT2D eigenvalue weighted by molar-refractivity contribution is 0.533. The Balaban J connectivity index is 2.32. The summed E-state index contributed by atoms with van der Waals surface area (Å²) >= 11 is 0. The highest BCUT2D eigenvalue weighted by Crippen LogP contribution is 2.20. The monoisotopic (exact) mass is 223 g/mol. The molecule has 0 N–H and O–H groups in total. The second-order valence-corrected chi connectivity index (χ2v) is 6.36. The van der Waals surface area contributed by atoms with Crippen LogP contribution in [0.3, 0.4) is 0 Å². The van der Waals surface area contributed by atoms with E-state index in [0.29, 0.717) is 0 Å². The second kappa shape index (κ2) is 3.99. The number of rotatable bonds is 2. The maximum atomic E-state index is 12.5. The van der Waals surface area contributed by atoms with E-state index in [1.165, 1.54) is 5.56 Å². The van der Waals surface area contributed by atoms with E-state index in [1.54, 1.807) is 0 Å². The van der Waals surface area contributed by atoms with Crippen molar-refractivity contribution in [3.8, 4) is 0 Å². The Morgan fingerprint density at radius 1 is 1.20 bits per heavy atom. The van der Waals surface area contributed by atoms with Crippen LogP contribution in [0.15, 0.2) is 29.2 Å². The van der Waals surface area contributed by atoms with Gasteiger partial charge in [0.05, 0.1) is 9.71 Å². The molecule has 1 aromatic carbocycles. The third-order valence-electron chi connectivity index (χ3n) is 2.87. The van der Waals surface area contributed by atoms with E-state index < -0.39 is 9.71 Å². The number of hydrogen-bond acceptors (Lipinski definition) is 1. The van der Waals surface area contributed by atoms with E-state index in [4.69, 9.17) is 0 Å². The minimum absolute atomic E-state index is 0.856. The Hall–Kier alpha value is -0.800. The summed E-state index contributed by atoms with van der Waals surface area (Å²) in [7, 11) is -2.22. The van der Waals surface area contributed by atoms with Gasteiger partial charge in [-0.1, -0.05) is 17.7 Å². The molecule has 1 saturated heterocycles. The van der Waals surface area contributed by atoms with Gasteiger partial charge in [-0.15, -0.1) is 0 Å². The minimum Gasteiger partial charge on any atom is -0.248 e. The molecule has 1 fully saturated rings. The summed E-state index contributed by atoms with van der Waals surface area (Å²) < 4.78 is 14.5. The van der Waals surface area contributed by atoms with Gasteiger partial charge in [0.15, 0.2) is 0 Å². The van der Waals surface area contributed by atoms with E-state index in [1.807, 2.05) is 35.5 Å². The fourth-order valence-corrected chi connectivity index (χ4v) is 3.59. The van der Waals surface area contributed by atoms with Crippen LogP contribution < -0.4 is 0 Å². The fraction of sp³-hybridized carbons (Fsp3) is 0.417. The summed E-state index contributed by atoms with van der Waals surface area (Å²) in [6.45, 7) is 3.86. The molecule has 0 bridgehead atoms. The topological polar surface area (TPSA) is 20.3 Å². The van der Waals surface area contributed by atoms with Crippen LogP contribution in [0.5, 0.6) is 0 Å². The van der Waals surface area contributed by atoms with Gasteiger partial charge < -0.3 is 0 Å². The van der Waals surface area contributed by atoms with Crippen LogP contribution in [0, 0.1) is 6.92 Å². The molecule has 1 aromatic rings. The largest absolute Gasteiger partial charge is 0.248 e. The molecule has 0 amide bonds. The highest BCUT2D eigenvalue weighted by atomic mass is 32.2. The van der Waals surface area contributed by atoms with Gasteiger partial charge in [0.25, 0.3) is 0 Å². The van der Waals surface area contributed by atoms with Gasteiger partial charge in [0.2, 0.25) is 0 Å². The molecule has 2 nitrogen and oxygen atoms in total. The Morgan fingerprint density at radius 2 is 1.73 bits per heavy atom. The van der Waals surface area contributed by atoms with Gasteiger partial charge in [0, 0.05) is 18.0 Å². The first kappa shape index (κ1) is 10.7. The standard InChI is InChI=1S/C12H17NOS/c1-11-5-7-12(8-6-11)15(2,14)13-9-3-4-10-13/h5-8H,2-4,9-10H2,1H3. The maximum absolute atomic E-state index is 12.5. The van der Waals surface area contributed by atoms with Crippen molar-refractivity contribution in [1.82, 2.24) is 4.31 Å². The Labute approximate surface area is 92.1 Å². The summed E-state index contributed by atoms with van der Waals surface area (Å²) in [5.74, 6) is 3.91. The Bertz CT molecular complexity index is 427. The summed E-state index contributed by atoms with van der Waals surface area (Å²) in [5, 5.41) is 0. The van der Waals surface area contributed by atoms with Crippen LogP contribution in [0.1, 0.15) is 18.4 Å². The molecule has 82 valence electrons. The molecule has 15 heavy (non-hydrogen) atoms. The lowest BCUT2D eigenvalue weighted by Crippen LogP contribution is -2.27. The highest BCUT2D eigenvalue weighted by Gasteiger charge is 2.21. The van der Waals surface area contributed by atoms with Crippen LogP contribution >= 0.6 is 0 Å². The molecule has 1 aliphatic rings. The Morgan fingerprint density at radius 3 is 2.27 bits per heavy atom. The van der Waals surface area contributed by atoms with Crippen LogP contribution in [0.2, 0.25) is 0 Å². The van der Waals surface area contributed by atoms with Gasteiger partial charge >= 0.3 is 0 Å². The lowest BCUT2D eigenvalue weighted by Gasteiger charge is -2.20. The van der Waals surface area contributed by atoms with E-state index >= 15 is 0 Å². The number of benzene rings is 1. The van der Waals surface area contributed by atoms with Crippen molar-refractivity contribution in [2.75, 3.05) is 13.1 Å². The van der Waals surface area contributed by atoms with Crippen molar-refractivity contribution in [2.24, 2.45) is 0 Å². The second-order valence-electron chi connectivity index (χ2n) is 4.09. The quantitative estimate of drug-likeness (QED) is 0.703. The van der Waals surface area contributed by atoms with Crippen LogP contribution in [-0.4, -0.2) is 27.5 Å². The lowest BCUT2D eigenvalue weighted by atomic mass is 10.2. The van der Waals surface area contributed by atoms with Gasteiger partial charge in [-0.25, -0.2) is 8.51 Å². The molecule has 0 radical (unpaired) electrons. The van der Waals surface area contributed by atoms with Crippen molar-refractivity contribution < 1.29 is 4.21 Å². The van der Waals surface area contributed by atoms with Crippen LogP contribution in [-0.2, 0) is 9.71 Å². The van der Waals surface area contributed by atoms with Crippen LogP contribution in [0.4, 0.5) is 0 Å². The molecular weight excluding hydrogens is 206 g/mol. The van der Waals surface area contributed by atoms with E-state index in [0.717, 1.165) is 30.8 Å². The van der Waals surface area contributed by atoms with Gasteiger partial charge in [-0.05, 0) is 37.8 Å². The normalized spacial score (nSPS) is 21.4. The van der Waals surface area contributed by atoms with Crippen molar-refractivity contribution in [3.05, 3.63) is 29.8 Å². The zero-order valence-corrected chi connectivity index (χ0v) is 9.93. The van der Waals surface area contributed by atoms with Gasteiger partial charge in [0.1, 0.15) is 0 Å². The maximum Gasteiger partial charge on any atom is 0.0558 e. The average molecular weight is 223 g/mol. The van der Waals surface area contributed by atoms with Crippen molar-refractivity contribution >= 4 is 15.6 Å². The third kappa shape index (κ3) is 2.08. The molecule has 1 atom stereocenters. The molecule has 0 aromatic heterocycles. The Kier molecular flexibility index (Phi) is 2.85. The predicted octanol–water partition coefficient (Wildman–Crippen LogP) is 2.08. The first-order chi connectivity index (χ1) is 7.10. The molecule has 2 rings (SSSR count). The summed E-state index contributed by atoms with van der Waals surface area (Å²) in [6, 6.07) is 7.86. The first-order valence-electron chi connectivity index (χ1n) is 5.30. The van der Waals surface area contributed by atoms with Gasteiger partial charge in [-0.3, -0.25) is 0 Å². The third-order valence-corrected chi connectivity index (χ3v) is 5.08. The summed E-state index contributed by atoms with van der Waals surface area (Å²) in [6.07, 6.45) is 2.27. The molecule has 0 spiro atoms. The molecule has 0 aliphatic carbocycles. The molecule has 1 aliphatic heterocycles. The van der Waals surface area contributed by atoms with Crippen molar-refractivity contribution in [3.63, 3.8) is 0 Å². The van der Waals surface area contributed by atoms with Gasteiger partial charge in [-0.2, -0.15) is 0 Å². The van der Waals surface area contributed by atoms with E-state index in [9.17, 15) is 4.21 Å². The smallest absolute Gasteiger partial charge is 0.0558 e. The summed E-state index contributed by atoms with van der Waals surface area (Å²) in [4.78, 5) is 0.856. The highest BCUT2D eigenvalue weighted by molar-refractivity contribution is 7.98. The van der Waals surface area contributed by atoms with E-state index in [2.05, 4.69) is 5.87 Å². The SMILES string of the molecule is C=S(=O)(c1ccc(C)cc1)N1CCCC1. The zero-order chi connectivity index (χ0) is 10.9. The first-order valence-corrected chi connectivity index (χ1v) is 6.98. The minimum atomic E-state index is -2.22.